The van der Waals surface area contributed by atoms with E-state index in [1.165, 1.54) is 0 Å². The van der Waals surface area contributed by atoms with Crippen molar-refractivity contribution in [3.8, 4) is 0 Å². The molecule has 0 spiro atoms. The summed E-state index contributed by atoms with van der Waals surface area (Å²) in [5, 5.41) is 27.4. The highest BCUT2D eigenvalue weighted by molar-refractivity contribution is 6.68. The zero-order valence-corrected chi connectivity index (χ0v) is 10.00. The first-order valence-electron chi connectivity index (χ1n) is 4.10. The normalized spacial score (nSPS) is 30.5. The van der Waals surface area contributed by atoms with Crippen molar-refractivity contribution in [3.63, 3.8) is 0 Å². The fourth-order valence-electron chi connectivity index (χ4n) is 1.51. The molecule has 0 aromatic carbocycles. The van der Waals surface area contributed by atoms with E-state index in [-0.39, 0.29) is 0 Å². The summed E-state index contributed by atoms with van der Waals surface area (Å²) in [6, 6.07) is -1.42. The minimum Gasteiger partial charge on any atom is -0.480 e. The molecule has 1 aliphatic rings. The molecule has 1 rings (SSSR count). The fourth-order valence-corrected chi connectivity index (χ4v) is 1.92. The number of β-amino-alcohol motifs (C(OH)–C–C–N with tert-alkyl or cyclic N) is 1. The number of nitrogens with zero attached hydrogens (tertiary/aromatic N) is 1. The lowest BCUT2D eigenvalue weighted by Gasteiger charge is -2.29. The van der Waals surface area contributed by atoms with Gasteiger partial charge in [0.15, 0.2) is 0 Å². The van der Waals surface area contributed by atoms with Crippen LogP contribution in [-0.2, 0) is 4.79 Å². The summed E-state index contributed by atoms with van der Waals surface area (Å²) < 4.78 is -2.15. The number of aliphatic hydroxyl groups is 1. The van der Waals surface area contributed by atoms with Crippen LogP contribution in [0.5, 0.6) is 0 Å². The van der Waals surface area contributed by atoms with E-state index in [2.05, 4.69) is 0 Å². The maximum Gasteiger partial charge on any atom is 0.408 e. The number of amides is 1. The molecule has 0 bridgehead atoms. The number of halogens is 3. The largest absolute Gasteiger partial charge is 0.480 e. The minimum atomic E-state index is -2.15. The Bertz CT molecular complexity index is 306. The molecule has 0 saturated carbocycles. The van der Waals surface area contributed by atoms with Crippen molar-refractivity contribution in [2.45, 2.75) is 21.9 Å². The monoisotopic (exact) mass is 291 g/mol. The number of carbonyl (C=O) groups is 2. The third-order valence-electron chi connectivity index (χ3n) is 2.40. The van der Waals surface area contributed by atoms with Gasteiger partial charge >= 0.3 is 12.1 Å². The average molecular weight is 293 g/mol. The van der Waals surface area contributed by atoms with Crippen LogP contribution in [0.2, 0.25) is 0 Å². The first kappa shape index (κ1) is 13.6. The van der Waals surface area contributed by atoms with E-state index in [9.17, 15) is 14.7 Å². The highest BCUT2D eigenvalue weighted by Gasteiger charge is 2.58. The van der Waals surface area contributed by atoms with Crippen molar-refractivity contribution >= 4 is 46.9 Å². The molecule has 92 valence electrons. The smallest absolute Gasteiger partial charge is 0.408 e. The van der Waals surface area contributed by atoms with Gasteiger partial charge in [0.1, 0.15) is 11.6 Å². The first-order valence-corrected chi connectivity index (χ1v) is 5.23. The van der Waals surface area contributed by atoms with Crippen LogP contribution in [0.1, 0.15) is 6.42 Å². The maximum atomic E-state index is 10.8. The van der Waals surface area contributed by atoms with E-state index in [0.29, 0.717) is 4.90 Å². The van der Waals surface area contributed by atoms with Gasteiger partial charge in [-0.1, -0.05) is 34.8 Å². The Balaban J connectivity index is 3.01. The van der Waals surface area contributed by atoms with Gasteiger partial charge < -0.3 is 15.3 Å². The van der Waals surface area contributed by atoms with Gasteiger partial charge in [0.25, 0.3) is 0 Å². The summed E-state index contributed by atoms with van der Waals surface area (Å²) >= 11 is 16.5. The third-order valence-corrected chi connectivity index (χ3v) is 3.45. The van der Waals surface area contributed by atoms with E-state index in [4.69, 9.17) is 45.0 Å². The van der Waals surface area contributed by atoms with Gasteiger partial charge in [-0.05, 0) is 0 Å². The highest BCUT2D eigenvalue weighted by atomic mass is 35.6. The van der Waals surface area contributed by atoms with Gasteiger partial charge in [-0.25, -0.2) is 9.59 Å². The quantitative estimate of drug-likeness (QED) is 0.624. The van der Waals surface area contributed by atoms with Crippen LogP contribution in [0.15, 0.2) is 0 Å². The lowest BCUT2D eigenvalue weighted by Crippen LogP contribution is -2.46. The number of likely N-dealkylation sites (tertiary alicyclic amines) is 1. The number of carboxylic acids is 1. The van der Waals surface area contributed by atoms with Gasteiger partial charge in [0.2, 0.25) is 3.79 Å². The number of hydrogen-bond donors (Lipinski definition) is 3. The first-order chi connectivity index (χ1) is 7.08. The van der Waals surface area contributed by atoms with Crippen LogP contribution in [0.4, 0.5) is 4.79 Å². The van der Waals surface area contributed by atoms with Crippen LogP contribution in [0.25, 0.3) is 0 Å². The lowest BCUT2D eigenvalue weighted by molar-refractivity contribution is -0.141. The van der Waals surface area contributed by atoms with Gasteiger partial charge in [-0.3, -0.25) is 4.90 Å². The Morgan fingerprint density at radius 3 is 2.06 bits per heavy atom. The molecule has 9 heteroatoms. The Labute approximate surface area is 105 Å². The fraction of sp³-hybridized carbons (Fsp3) is 0.714. The summed E-state index contributed by atoms with van der Waals surface area (Å²) in [7, 11) is 0. The summed E-state index contributed by atoms with van der Waals surface area (Å²) in [6.45, 7) is -0.560. The number of rotatable bonds is 1. The van der Waals surface area contributed by atoms with Crippen LogP contribution < -0.4 is 0 Å². The van der Waals surface area contributed by atoms with Crippen LogP contribution in [-0.4, -0.2) is 54.3 Å². The van der Waals surface area contributed by atoms with E-state index >= 15 is 0 Å². The van der Waals surface area contributed by atoms with E-state index in [0.717, 1.165) is 0 Å². The van der Waals surface area contributed by atoms with Crippen molar-refractivity contribution in [2.24, 2.45) is 0 Å². The summed E-state index contributed by atoms with van der Waals surface area (Å²) in [4.78, 5) is 22.1. The van der Waals surface area contributed by atoms with Gasteiger partial charge in [-0.15, -0.1) is 0 Å². The van der Waals surface area contributed by atoms with Crippen molar-refractivity contribution in [1.82, 2.24) is 4.90 Å². The Morgan fingerprint density at radius 2 is 1.81 bits per heavy atom. The van der Waals surface area contributed by atoms with Crippen LogP contribution in [0.3, 0.4) is 0 Å². The second kappa shape index (κ2) is 4.10. The molecule has 1 amide bonds. The van der Waals surface area contributed by atoms with Gasteiger partial charge in [0.05, 0.1) is 6.54 Å². The predicted octanol–water partition coefficient (Wildman–Crippen LogP) is 0.925. The molecule has 3 N–H and O–H groups in total. The maximum absolute atomic E-state index is 10.8. The zero-order valence-electron chi connectivity index (χ0n) is 7.73. The molecule has 6 nitrogen and oxygen atoms in total. The number of carboxylic acid groups (broad SMARTS) is 2. The van der Waals surface area contributed by atoms with Crippen molar-refractivity contribution in [2.75, 3.05) is 6.54 Å². The molecule has 0 unspecified atom stereocenters. The molecular formula is C7H8Cl3NO5. The molecule has 16 heavy (non-hydrogen) atoms. The van der Waals surface area contributed by atoms with E-state index < -0.39 is 40.5 Å². The average Bonchev–Trinajstić information content (AvgIpc) is 2.43. The topological polar surface area (TPSA) is 98.1 Å². The van der Waals surface area contributed by atoms with Crippen molar-refractivity contribution < 1.29 is 24.9 Å². The second-order valence-electron chi connectivity index (χ2n) is 3.50. The lowest BCUT2D eigenvalue weighted by atomic mass is 10.0. The van der Waals surface area contributed by atoms with E-state index in [1.807, 2.05) is 0 Å². The molecular weight excluding hydrogens is 284 g/mol. The van der Waals surface area contributed by atoms with Crippen molar-refractivity contribution in [3.05, 3.63) is 0 Å². The summed E-state index contributed by atoms with van der Waals surface area (Å²) in [5.74, 6) is -1.40. The molecule has 0 radical (unpaired) electrons. The summed E-state index contributed by atoms with van der Waals surface area (Å²) in [6.07, 6.45) is -1.96. The zero-order chi connectivity index (χ0) is 12.7. The highest BCUT2D eigenvalue weighted by Crippen LogP contribution is 2.45. The Hall–Kier alpha value is -0.430. The molecule has 0 aromatic rings. The van der Waals surface area contributed by atoms with Crippen LogP contribution in [0, 0.1) is 0 Å². The molecule has 0 aliphatic carbocycles. The number of alkyl halides is 3. The standard InChI is InChI=1S/C7H8Cl3NO5/c8-7(9,10)6(16)1-3(4(12)13)11(2-6)5(14)15/h3,16H,1-2H2,(H,12,13)(H,14,15)/t3-,6+/m1/s1. The summed E-state index contributed by atoms with van der Waals surface area (Å²) in [5.41, 5.74) is -2.00. The Morgan fingerprint density at radius 1 is 1.31 bits per heavy atom. The number of hydrogen-bond acceptors (Lipinski definition) is 3. The molecule has 0 aromatic heterocycles. The SMILES string of the molecule is O=C(O)[C@H]1C[C@@](O)(C(Cl)(Cl)Cl)CN1C(=O)O. The van der Waals surface area contributed by atoms with Gasteiger partial charge in [0, 0.05) is 6.42 Å². The third kappa shape index (κ3) is 2.29. The van der Waals surface area contributed by atoms with Crippen molar-refractivity contribution in [1.29, 1.82) is 0 Å². The van der Waals surface area contributed by atoms with Crippen LogP contribution >= 0.6 is 34.8 Å². The molecule has 1 saturated heterocycles. The predicted molar refractivity (Wildman–Crippen MR) is 56.0 cm³/mol. The molecule has 1 fully saturated rings. The Kier molecular flexibility index (Phi) is 3.50. The molecule has 1 heterocycles. The van der Waals surface area contributed by atoms with Gasteiger partial charge in [-0.2, -0.15) is 0 Å². The molecule has 2 atom stereocenters. The second-order valence-corrected chi connectivity index (χ2v) is 5.78. The van der Waals surface area contributed by atoms with E-state index in [1.54, 1.807) is 0 Å². The minimum absolute atomic E-state index is 0.467. The molecule has 1 aliphatic heterocycles. The number of aliphatic carboxylic acids is 1.